The first-order valence-corrected chi connectivity index (χ1v) is 4.99. The molecule has 0 bridgehead atoms. The Morgan fingerprint density at radius 3 is 2.20 bits per heavy atom. The number of carbonyl (C=O) groups is 1. The number of benzene rings is 1. The second-order valence-corrected chi connectivity index (χ2v) is 4.66. The average Bonchev–Trinajstić information content (AvgIpc) is 2.13. The van der Waals surface area contributed by atoms with Crippen molar-refractivity contribution in [2.45, 2.75) is 12.5 Å². The molecule has 0 aliphatic rings. The highest BCUT2D eigenvalue weighted by Crippen LogP contribution is 2.11. The van der Waals surface area contributed by atoms with Crippen molar-refractivity contribution in [2.75, 3.05) is 21.1 Å². The smallest absolute Gasteiger partial charge is 0.362 e. The fourth-order valence-corrected chi connectivity index (χ4v) is 1.53. The van der Waals surface area contributed by atoms with Crippen LogP contribution in [-0.2, 0) is 11.2 Å². The van der Waals surface area contributed by atoms with Gasteiger partial charge in [-0.3, -0.25) is 0 Å². The van der Waals surface area contributed by atoms with E-state index in [1.54, 1.807) is 0 Å². The van der Waals surface area contributed by atoms with E-state index in [2.05, 4.69) is 0 Å². The molecule has 1 aromatic rings. The summed E-state index contributed by atoms with van der Waals surface area (Å²) in [6.45, 7) is 0. The van der Waals surface area contributed by atoms with Crippen LogP contribution in [0, 0.1) is 0 Å². The third-order valence-corrected chi connectivity index (χ3v) is 2.49. The zero-order chi connectivity index (χ0) is 11.5. The Kier molecular flexibility index (Phi) is 3.48. The van der Waals surface area contributed by atoms with E-state index in [4.69, 9.17) is 5.11 Å². The van der Waals surface area contributed by atoms with Crippen molar-refractivity contribution in [2.24, 2.45) is 0 Å². The van der Waals surface area contributed by atoms with Gasteiger partial charge < -0.3 is 9.59 Å². The Labute approximate surface area is 90.5 Å². The van der Waals surface area contributed by atoms with Crippen LogP contribution >= 0.6 is 0 Å². The minimum absolute atomic E-state index is 0.396. The number of quaternary nitrogens is 1. The number of likely N-dealkylation sites (N-methyl/N-ethyl adjacent to an activating group) is 1. The summed E-state index contributed by atoms with van der Waals surface area (Å²) in [4.78, 5) is 11.1. The molecule has 1 aromatic carbocycles. The highest BCUT2D eigenvalue weighted by Gasteiger charge is 2.31. The van der Waals surface area contributed by atoms with Gasteiger partial charge in [0.05, 0.1) is 21.1 Å². The van der Waals surface area contributed by atoms with Gasteiger partial charge in [-0.25, -0.2) is 4.79 Å². The van der Waals surface area contributed by atoms with Crippen LogP contribution in [0.15, 0.2) is 30.3 Å². The minimum atomic E-state index is -0.744. The topological polar surface area (TPSA) is 37.3 Å². The fourth-order valence-electron chi connectivity index (χ4n) is 1.53. The van der Waals surface area contributed by atoms with Crippen molar-refractivity contribution in [1.82, 2.24) is 0 Å². The second-order valence-electron chi connectivity index (χ2n) is 4.66. The second kappa shape index (κ2) is 4.45. The third kappa shape index (κ3) is 3.36. The van der Waals surface area contributed by atoms with Crippen LogP contribution in [0.3, 0.4) is 0 Å². The monoisotopic (exact) mass is 208 g/mol. The lowest BCUT2D eigenvalue weighted by Gasteiger charge is -2.31. The number of rotatable bonds is 4. The molecule has 3 nitrogen and oxygen atoms in total. The Morgan fingerprint density at radius 1 is 1.27 bits per heavy atom. The first-order chi connectivity index (χ1) is 6.91. The standard InChI is InChI=1S/C12H17NO2/c1-13(2,3)11(12(14)15)9-10-7-5-4-6-8-10/h4-8,11H,9H2,1-3H3/p+1/t11-/m0/s1. The van der Waals surface area contributed by atoms with Crippen LogP contribution in [0.25, 0.3) is 0 Å². The van der Waals surface area contributed by atoms with Gasteiger partial charge in [0, 0.05) is 6.42 Å². The Balaban J connectivity index is 2.82. The fraction of sp³-hybridized carbons (Fsp3) is 0.417. The van der Waals surface area contributed by atoms with E-state index < -0.39 is 12.0 Å². The van der Waals surface area contributed by atoms with Gasteiger partial charge in [0.25, 0.3) is 0 Å². The number of carboxylic acids is 1. The largest absolute Gasteiger partial charge is 0.477 e. The van der Waals surface area contributed by atoms with Crippen LogP contribution in [0.5, 0.6) is 0 Å². The summed E-state index contributed by atoms with van der Waals surface area (Å²) in [7, 11) is 5.71. The van der Waals surface area contributed by atoms with E-state index in [0.29, 0.717) is 10.9 Å². The molecule has 0 saturated carbocycles. The molecule has 0 spiro atoms. The van der Waals surface area contributed by atoms with Gasteiger partial charge in [-0.15, -0.1) is 0 Å². The maximum absolute atomic E-state index is 11.1. The Hall–Kier alpha value is -1.35. The molecule has 0 aromatic heterocycles. The number of hydrogen-bond donors (Lipinski definition) is 1. The van der Waals surface area contributed by atoms with E-state index in [1.165, 1.54) is 0 Å². The van der Waals surface area contributed by atoms with Crippen molar-refractivity contribution >= 4 is 5.97 Å². The summed E-state index contributed by atoms with van der Waals surface area (Å²) < 4.78 is 0.435. The molecule has 0 amide bonds. The molecule has 0 aliphatic carbocycles. The molecule has 82 valence electrons. The van der Waals surface area contributed by atoms with Crippen molar-refractivity contribution in [3.05, 3.63) is 35.9 Å². The van der Waals surface area contributed by atoms with E-state index in [9.17, 15) is 4.79 Å². The molecule has 0 heterocycles. The summed E-state index contributed by atoms with van der Waals surface area (Å²) in [6, 6.07) is 9.34. The summed E-state index contributed by atoms with van der Waals surface area (Å²) in [5.74, 6) is -0.744. The molecule has 0 saturated heterocycles. The minimum Gasteiger partial charge on any atom is -0.477 e. The third-order valence-electron chi connectivity index (χ3n) is 2.49. The quantitative estimate of drug-likeness (QED) is 0.759. The lowest BCUT2D eigenvalue weighted by Crippen LogP contribution is -2.51. The van der Waals surface area contributed by atoms with Crippen LogP contribution in [-0.4, -0.2) is 42.7 Å². The molecule has 1 atom stereocenters. The normalized spacial score (nSPS) is 13.5. The molecular formula is C12H18NO2+. The maximum atomic E-state index is 11.1. The number of hydrogen-bond acceptors (Lipinski definition) is 1. The van der Waals surface area contributed by atoms with E-state index in [-0.39, 0.29) is 0 Å². The van der Waals surface area contributed by atoms with Gasteiger partial charge >= 0.3 is 5.97 Å². The molecule has 0 unspecified atom stereocenters. The van der Waals surface area contributed by atoms with E-state index in [1.807, 2.05) is 51.5 Å². The summed E-state index contributed by atoms with van der Waals surface area (Å²) in [5.41, 5.74) is 1.07. The van der Waals surface area contributed by atoms with Gasteiger partial charge in [0.2, 0.25) is 0 Å². The van der Waals surface area contributed by atoms with Crippen molar-refractivity contribution in [3.8, 4) is 0 Å². The first-order valence-electron chi connectivity index (χ1n) is 4.99. The number of nitrogens with zero attached hydrogens (tertiary/aromatic N) is 1. The van der Waals surface area contributed by atoms with Crippen LogP contribution in [0.1, 0.15) is 5.56 Å². The van der Waals surface area contributed by atoms with Gasteiger partial charge in [-0.1, -0.05) is 30.3 Å². The van der Waals surface area contributed by atoms with Crippen LogP contribution in [0.4, 0.5) is 0 Å². The number of carboxylic acid groups (broad SMARTS) is 1. The van der Waals surface area contributed by atoms with Gasteiger partial charge in [0.15, 0.2) is 6.04 Å². The van der Waals surface area contributed by atoms with Gasteiger partial charge in [-0.2, -0.15) is 0 Å². The zero-order valence-corrected chi connectivity index (χ0v) is 9.47. The molecule has 0 radical (unpaired) electrons. The predicted octanol–water partition coefficient (Wildman–Crippen LogP) is 1.39. The van der Waals surface area contributed by atoms with Gasteiger partial charge in [0.1, 0.15) is 0 Å². The summed E-state index contributed by atoms with van der Waals surface area (Å²) in [6.07, 6.45) is 0.569. The van der Waals surface area contributed by atoms with E-state index >= 15 is 0 Å². The molecule has 0 aliphatic heterocycles. The SMILES string of the molecule is C[N+](C)(C)[C@@H](Cc1ccccc1)C(=O)O. The average molecular weight is 208 g/mol. The molecule has 1 rings (SSSR count). The van der Waals surface area contributed by atoms with Gasteiger partial charge in [-0.05, 0) is 5.56 Å². The van der Waals surface area contributed by atoms with Crippen LogP contribution in [0.2, 0.25) is 0 Å². The summed E-state index contributed by atoms with van der Waals surface area (Å²) in [5, 5.41) is 9.15. The molecule has 1 N–H and O–H groups in total. The lowest BCUT2D eigenvalue weighted by atomic mass is 10.0. The molecule has 3 heteroatoms. The zero-order valence-electron chi connectivity index (χ0n) is 9.47. The van der Waals surface area contributed by atoms with Crippen molar-refractivity contribution < 1.29 is 14.4 Å². The molecule has 15 heavy (non-hydrogen) atoms. The molecule has 0 fully saturated rings. The van der Waals surface area contributed by atoms with Crippen LogP contribution < -0.4 is 0 Å². The Bertz CT molecular complexity index is 327. The first kappa shape index (κ1) is 11.7. The van der Waals surface area contributed by atoms with E-state index in [0.717, 1.165) is 5.56 Å². The number of aliphatic carboxylic acids is 1. The maximum Gasteiger partial charge on any atom is 0.362 e. The summed E-state index contributed by atoms with van der Waals surface area (Å²) >= 11 is 0. The predicted molar refractivity (Wildman–Crippen MR) is 59.6 cm³/mol. The van der Waals surface area contributed by atoms with Crippen molar-refractivity contribution in [1.29, 1.82) is 0 Å². The highest BCUT2D eigenvalue weighted by molar-refractivity contribution is 5.72. The Morgan fingerprint density at radius 2 is 1.80 bits per heavy atom. The van der Waals surface area contributed by atoms with Crippen molar-refractivity contribution in [3.63, 3.8) is 0 Å². The lowest BCUT2D eigenvalue weighted by molar-refractivity contribution is -0.887. The molecular weight excluding hydrogens is 190 g/mol. The highest BCUT2D eigenvalue weighted by atomic mass is 16.4.